The molecule has 0 bridgehead atoms. The molecule has 0 saturated heterocycles. The zero-order valence-corrected chi connectivity index (χ0v) is 13.7. The van der Waals surface area contributed by atoms with E-state index < -0.39 is 10.0 Å². The Hall–Kier alpha value is -1.42. The predicted octanol–water partition coefficient (Wildman–Crippen LogP) is 3.62. The predicted molar refractivity (Wildman–Crippen MR) is 82.5 cm³/mol. The molecule has 0 atom stereocenters. The van der Waals surface area contributed by atoms with Gasteiger partial charge in [-0.25, -0.2) is 8.42 Å². The number of nitrogens with zero attached hydrogens (tertiary/aromatic N) is 2. The second-order valence-electron chi connectivity index (χ2n) is 3.97. The number of sulfonamides is 1. The van der Waals surface area contributed by atoms with Gasteiger partial charge in [-0.1, -0.05) is 16.8 Å². The number of halogens is 1. The van der Waals surface area contributed by atoms with E-state index >= 15 is 0 Å². The third-order valence-electron chi connectivity index (χ3n) is 2.44. The molecule has 0 aliphatic carbocycles. The molecule has 0 unspecified atom stereocenters. The SMILES string of the molecule is Cc1noc(-c2sccc2NS(=O)(=O)c2ccc(Cl)s2)n1. The molecule has 0 saturated carbocycles. The summed E-state index contributed by atoms with van der Waals surface area (Å²) in [4.78, 5) is 4.67. The molecule has 110 valence electrons. The van der Waals surface area contributed by atoms with Crippen molar-refractivity contribution in [3.05, 3.63) is 33.7 Å². The molecule has 3 rings (SSSR count). The normalized spacial score (nSPS) is 11.7. The lowest BCUT2D eigenvalue weighted by Crippen LogP contribution is -2.11. The zero-order valence-electron chi connectivity index (χ0n) is 10.5. The van der Waals surface area contributed by atoms with Crippen LogP contribution in [0.2, 0.25) is 4.34 Å². The van der Waals surface area contributed by atoms with E-state index in [0.717, 1.165) is 11.3 Å². The Labute approximate surface area is 133 Å². The van der Waals surface area contributed by atoms with E-state index in [4.69, 9.17) is 16.1 Å². The number of anilines is 1. The Kier molecular flexibility index (Phi) is 3.74. The Morgan fingerprint density at radius 2 is 2.14 bits per heavy atom. The van der Waals surface area contributed by atoms with Gasteiger partial charge in [0.15, 0.2) is 5.82 Å². The van der Waals surface area contributed by atoms with E-state index in [0.29, 0.717) is 20.7 Å². The highest BCUT2D eigenvalue weighted by molar-refractivity contribution is 7.94. The molecule has 3 aromatic rings. The number of aryl methyl sites for hydroxylation is 1. The van der Waals surface area contributed by atoms with Gasteiger partial charge in [0, 0.05) is 0 Å². The van der Waals surface area contributed by atoms with Crippen molar-refractivity contribution in [2.24, 2.45) is 0 Å². The van der Waals surface area contributed by atoms with Crippen LogP contribution in [0.15, 0.2) is 32.3 Å². The molecule has 0 aromatic carbocycles. The van der Waals surface area contributed by atoms with Crippen LogP contribution in [0, 0.1) is 6.92 Å². The lowest BCUT2D eigenvalue weighted by molar-refractivity contribution is 0.426. The Balaban J connectivity index is 1.94. The lowest BCUT2D eigenvalue weighted by atomic mass is 10.4. The van der Waals surface area contributed by atoms with Crippen LogP contribution < -0.4 is 4.72 Å². The van der Waals surface area contributed by atoms with Crippen molar-refractivity contribution >= 4 is 50.0 Å². The summed E-state index contributed by atoms with van der Waals surface area (Å²) in [6, 6.07) is 4.64. The van der Waals surface area contributed by atoms with E-state index in [1.807, 2.05) is 0 Å². The summed E-state index contributed by atoms with van der Waals surface area (Å²) in [5.74, 6) is 0.765. The van der Waals surface area contributed by atoms with Gasteiger partial charge in [-0.05, 0) is 30.5 Å². The van der Waals surface area contributed by atoms with Gasteiger partial charge < -0.3 is 4.52 Å². The van der Waals surface area contributed by atoms with Crippen molar-refractivity contribution in [1.29, 1.82) is 0 Å². The Morgan fingerprint density at radius 1 is 1.33 bits per heavy atom. The fourth-order valence-corrected chi connectivity index (χ4v) is 4.97. The second kappa shape index (κ2) is 5.41. The quantitative estimate of drug-likeness (QED) is 0.767. The summed E-state index contributed by atoms with van der Waals surface area (Å²) >= 11 is 8.07. The highest BCUT2D eigenvalue weighted by atomic mass is 35.5. The first kappa shape index (κ1) is 14.5. The lowest BCUT2D eigenvalue weighted by Gasteiger charge is -2.05. The first-order valence-electron chi connectivity index (χ1n) is 5.62. The van der Waals surface area contributed by atoms with E-state index in [9.17, 15) is 8.42 Å². The highest BCUT2D eigenvalue weighted by Crippen LogP contribution is 2.35. The number of thiophene rings is 2. The summed E-state index contributed by atoms with van der Waals surface area (Å²) in [6.45, 7) is 1.69. The molecular formula is C11H8ClN3O3S3. The van der Waals surface area contributed by atoms with E-state index in [2.05, 4.69) is 14.9 Å². The maximum atomic E-state index is 12.3. The minimum Gasteiger partial charge on any atom is -0.333 e. The number of hydrogen-bond acceptors (Lipinski definition) is 7. The van der Waals surface area contributed by atoms with E-state index in [1.165, 1.54) is 23.5 Å². The number of nitrogens with one attached hydrogen (secondary N) is 1. The number of rotatable bonds is 4. The van der Waals surface area contributed by atoms with Gasteiger partial charge in [-0.3, -0.25) is 4.72 Å². The van der Waals surface area contributed by atoms with Crippen molar-refractivity contribution < 1.29 is 12.9 Å². The fraction of sp³-hybridized carbons (Fsp3) is 0.0909. The standard InChI is InChI=1S/C11H8ClN3O3S3/c1-6-13-11(18-14-6)10-7(4-5-19-10)15-21(16,17)9-3-2-8(12)20-9/h2-5,15H,1H3. The molecule has 0 aliphatic rings. The molecule has 0 aliphatic heterocycles. The van der Waals surface area contributed by atoms with Crippen LogP contribution >= 0.6 is 34.3 Å². The van der Waals surface area contributed by atoms with Crippen LogP contribution in [0.5, 0.6) is 0 Å². The van der Waals surface area contributed by atoms with Crippen LogP contribution in [-0.2, 0) is 10.0 Å². The third-order valence-corrected chi connectivity index (χ3v) is 6.44. The number of hydrogen-bond donors (Lipinski definition) is 1. The average molecular weight is 362 g/mol. The largest absolute Gasteiger partial charge is 0.333 e. The topological polar surface area (TPSA) is 85.1 Å². The van der Waals surface area contributed by atoms with Crippen LogP contribution in [0.25, 0.3) is 10.8 Å². The molecule has 6 nitrogen and oxygen atoms in total. The van der Waals surface area contributed by atoms with Crippen LogP contribution in [0.4, 0.5) is 5.69 Å². The summed E-state index contributed by atoms with van der Waals surface area (Å²) in [7, 11) is -3.69. The maximum Gasteiger partial charge on any atom is 0.271 e. The van der Waals surface area contributed by atoms with Crippen LogP contribution in [0.3, 0.4) is 0 Å². The monoisotopic (exact) mass is 361 g/mol. The molecule has 3 aromatic heterocycles. The first-order valence-corrected chi connectivity index (χ1v) is 9.18. The average Bonchev–Trinajstić information content (AvgIpc) is 3.10. The summed E-state index contributed by atoms with van der Waals surface area (Å²) in [5, 5.41) is 5.44. The van der Waals surface area contributed by atoms with Gasteiger partial charge in [-0.15, -0.1) is 22.7 Å². The molecule has 0 amide bonds. The Bertz CT molecular complexity index is 881. The maximum absolute atomic E-state index is 12.3. The molecule has 0 fully saturated rings. The van der Waals surface area contributed by atoms with Gasteiger partial charge in [-0.2, -0.15) is 4.98 Å². The zero-order chi connectivity index (χ0) is 15.0. The van der Waals surface area contributed by atoms with Crippen molar-refractivity contribution in [2.75, 3.05) is 4.72 Å². The van der Waals surface area contributed by atoms with Gasteiger partial charge >= 0.3 is 0 Å². The smallest absolute Gasteiger partial charge is 0.271 e. The van der Waals surface area contributed by atoms with Gasteiger partial charge in [0.1, 0.15) is 9.09 Å². The van der Waals surface area contributed by atoms with Gasteiger partial charge in [0.25, 0.3) is 15.9 Å². The van der Waals surface area contributed by atoms with Crippen LogP contribution in [0.1, 0.15) is 5.82 Å². The molecule has 3 heterocycles. The highest BCUT2D eigenvalue weighted by Gasteiger charge is 2.21. The minimum atomic E-state index is -3.69. The molecule has 10 heteroatoms. The molecular weight excluding hydrogens is 354 g/mol. The third kappa shape index (κ3) is 2.95. The van der Waals surface area contributed by atoms with Crippen molar-refractivity contribution in [2.45, 2.75) is 11.1 Å². The van der Waals surface area contributed by atoms with Gasteiger partial charge in [0.05, 0.1) is 10.0 Å². The van der Waals surface area contributed by atoms with Gasteiger partial charge in [0.2, 0.25) is 0 Å². The molecule has 0 spiro atoms. The first-order chi connectivity index (χ1) is 9.95. The minimum absolute atomic E-state index is 0.145. The second-order valence-corrected chi connectivity index (χ2v) is 8.51. The van der Waals surface area contributed by atoms with Crippen LogP contribution in [-0.4, -0.2) is 18.6 Å². The van der Waals surface area contributed by atoms with Crippen molar-refractivity contribution in [3.63, 3.8) is 0 Å². The summed E-state index contributed by atoms with van der Waals surface area (Å²) in [6.07, 6.45) is 0. The van der Waals surface area contributed by atoms with Crippen molar-refractivity contribution in [1.82, 2.24) is 10.1 Å². The molecule has 0 radical (unpaired) electrons. The fourth-order valence-electron chi connectivity index (χ4n) is 1.58. The summed E-state index contributed by atoms with van der Waals surface area (Å²) in [5.41, 5.74) is 0.396. The number of aromatic nitrogens is 2. The summed E-state index contributed by atoms with van der Waals surface area (Å²) < 4.78 is 32.7. The van der Waals surface area contributed by atoms with E-state index in [-0.39, 0.29) is 10.1 Å². The molecule has 21 heavy (non-hydrogen) atoms. The Morgan fingerprint density at radius 3 is 2.76 bits per heavy atom. The van der Waals surface area contributed by atoms with E-state index in [1.54, 1.807) is 18.4 Å². The molecule has 1 N–H and O–H groups in total. The van der Waals surface area contributed by atoms with Crippen molar-refractivity contribution in [3.8, 4) is 10.8 Å².